The van der Waals surface area contributed by atoms with Crippen LogP contribution in [0.5, 0.6) is 0 Å². The first-order chi connectivity index (χ1) is 10.1. The zero-order chi connectivity index (χ0) is 14.9. The molecule has 2 aromatic rings. The lowest BCUT2D eigenvalue weighted by Gasteiger charge is -2.16. The van der Waals surface area contributed by atoms with Crippen LogP contribution in [0.3, 0.4) is 0 Å². The van der Waals surface area contributed by atoms with Crippen LogP contribution in [-0.2, 0) is 9.84 Å². The van der Waals surface area contributed by atoms with E-state index < -0.39 is 9.84 Å². The summed E-state index contributed by atoms with van der Waals surface area (Å²) in [5.41, 5.74) is 2.03. The highest BCUT2D eigenvalue weighted by Crippen LogP contribution is 2.31. The van der Waals surface area contributed by atoms with E-state index in [-0.39, 0.29) is 0 Å². The Labute approximate surface area is 125 Å². The van der Waals surface area contributed by atoms with Crippen LogP contribution in [-0.4, -0.2) is 21.5 Å². The van der Waals surface area contributed by atoms with Crippen molar-refractivity contribution in [1.82, 2.24) is 5.32 Å². The molecule has 1 heterocycles. The molecule has 0 amide bonds. The Balaban J connectivity index is 2.09. The summed E-state index contributed by atoms with van der Waals surface area (Å²) < 4.78 is 25.6. The van der Waals surface area contributed by atoms with Crippen LogP contribution in [0.25, 0.3) is 0 Å². The van der Waals surface area contributed by atoms with E-state index in [1.807, 2.05) is 19.1 Å². The molecule has 1 aliphatic heterocycles. The van der Waals surface area contributed by atoms with Crippen molar-refractivity contribution in [2.75, 3.05) is 13.1 Å². The number of hydrogen-bond acceptors (Lipinski definition) is 3. The van der Waals surface area contributed by atoms with Crippen molar-refractivity contribution < 1.29 is 8.42 Å². The van der Waals surface area contributed by atoms with Gasteiger partial charge in [-0.15, -0.1) is 0 Å². The lowest BCUT2D eigenvalue weighted by atomic mass is 9.94. The number of nitrogens with one attached hydrogen (secondary N) is 1. The van der Waals surface area contributed by atoms with Crippen LogP contribution >= 0.6 is 0 Å². The summed E-state index contributed by atoms with van der Waals surface area (Å²) in [5, 5.41) is 3.34. The topological polar surface area (TPSA) is 46.2 Å². The SMILES string of the molecule is Cc1c(C2CCNC2)cccc1S(=O)(=O)c1ccccc1. The molecular weight excluding hydrogens is 282 g/mol. The second-order valence-electron chi connectivity index (χ2n) is 5.48. The van der Waals surface area contributed by atoms with E-state index in [1.54, 1.807) is 30.3 Å². The number of sulfone groups is 1. The molecule has 0 aliphatic carbocycles. The average molecular weight is 301 g/mol. The normalized spacial score (nSPS) is 18.8. The summed E-state index contributed by atoms with van der Waals surface area (Å²) in [5.74, 6) is 0.413. The molecule has 1 N–H and O–H groups in total. The zero-order valence-corrected chi connectivity index (χ0v) is 12.9. The van der Waals surface area contributed by atoms with Gasteiger partial charge in [-0.05, 0) is 55.1 Å². The summed E-state index contributed by atoms with van der Waals surface area (Å²) >= 11 is 0. The van der Waals surface area contributed by atoms with E-state index in [0.29, 0.717) is 15.7 Å². The predicted octanol–water partition coefficient (Wildman–Crippen LogP) is 2.90. The summed E-state index contributed by atoms with van der Waals surface area (Å²) in [4.78, 5) is 0.785. The van der Waals surface area contributed by atoms with Gasteiger partial charge in [0, 0.05) is 6.54 Å². The Bertz CT molecular complexity index is 733. The largest absolute Gasteiger partial charge is 0.316 e. The molecule has 4 heteroatoms. The Morgan fingerprint density at radius 3 is 2.48 bits per heavy atom. The lowest BCUT2D eigenvalue weighted by Crippen LogP contribution is -2.11. The zero-order valence-electron chi connectivity index (χ0n) is 12.0. The lowest BCUT2D eigenvalue weighted by molar-refractivity contribution is 0.595. The quantitative estimate of drug-likeness (QED) is 0.948. The van der Waals surface area contributed by atoms with Crippen molar-refractivity contribution in [1.29, 1.82) is 0 Å². The first kappa shape index (κ1) is 14.3. The Hall–Kier alpha value is -1.65. The van der Waals surface area contributed by atoms with Gasteiger partial charge in [0.05, 0.1) is 9.79 Å². The first-order valence-corrected chi connectivity index (χ1v) is 8.69. The summed E-state index contributed by atoms with van der Waals surface area (Å²) in [6.07, 6.45) is 1.07. The van der Waals surface area contributed by atoms with E-state index in [9.17, 15) is 8.42 Å². The highest BCUT2D eigenvalue weighted by Gasteiger charge is 2.24. The van der Waals surface area contributed by atoms with Crippen LogP contribution in [0.4, 0.5) is 0 Å². The third kappa shape index (κ3) is 2.61. The fourth-order valence-electron chi connectivity index (χ4n) is 3.01. The Morgan fingerprint density at radius 1 is 1.05 bits per heavy atom. The van der Waals surface area contributed by atoms with E-state index in [2.05, 4.69) is 11.4 Å². The molecule has 0 saturated carbocycles. The second kappa shape index (κ2) is 5.62. The maximum atomic E-state index is 12.8. The van der Waals surface area contributed by atoms with Gasteiger partial charge in [0.1, 0.15) is 0 Å². The van der Waals surface area contributed by atoms with Crippen molar-refractivity contribution in [3.63, 3.8) is 0 Å². The van der Waals surface area contributed by atoms with Gasteiger partial charge < -0.3 is 5.32 Å². The van der Waals surface area contributed by atoms with Crippen LogP contribution in [0, 0.1) is 6.92 Å². The van der Waals surface area contributed by atoms with Gasteiger partial charge in [-0.2, -0.15) is 0 Å². The van der Waals surface area contributed by atoms with Crippen molar-refractivity contribution in [2.45, 2.75) is 29.1 Å². The van der Waals surface area contributed by atoms with E-state index in [0.717, 1.165) is 30.6 Å². The Kier molecular flexibility index (Phi) is 3.83. The molecular formula is C17H19NO2S. The minimum Gasteiger partial charge on any atom is -0.316 e. The monoisotopic (exact) mass is 301 g/mol. The third-order valence-electron chi connectivity index (χ3n) is 4.17. The van der Waals surface area contributed by atoms with Crippen molar-refractivity contribution in [2.24, 2.45) is 0 Å². The minimum absolute atomic E-state index is 0.356. The fraction of sp³-hybridized carbons (Fsp3) is 0.294. The van der Waals surface area contributed by atoms with Gasteiger partial charge >= 0.3 is 0 Å². The fourth-order valence-corrected chi connectivity index (χ4v) is 4.56. The number of hydrogen-bond donors (Lipinski definition) is 1. The molecule has 110 valence electrons. The number of benzene rings is 2. The highest BCUT2D eigenvalue weighted by atomic mass is 32.2. The molecule has 1 fully saturated rings. The highest BCUT2D eigenvalue weighted by molar-refractivity contribution is 7.91. The molecule has 1 saturated heterocycles. The summed E-state index contributed by atoms with van der Waals surface area (Å²) in [6.45, 7) is 3.85. The predicted molar refractivity (Wildman–Crippen MR) is 83.3 cm³/mol. The van der Waals surface area contributed by atoms with Gasteiger partial charge in [0.25, 0.3) is 0 Å². The van der Waals surface area contributed by atoms with Crippen molar-refractivity contribution >= 4 is 9.84 Å². The van der Waals surface area contributed by atoms with Crippen LogP contribution < -0.4 is 5.32 Å². The molecule has 0 bridgehead atoms. The molecule has 0 aromatic heterocycles. The molecule has 3 nitrogen and oxygen atoms in total. The standard InChI is InChI=1S/C17H19NO2S/c1-13-16(14-10-11-18-12-14)8-5-9-17(13)21(19,20)15-6-3-2-4-7-15/h2-9,14,18H,10-12H2,1H3. The molecule has 0 spiro atoms. The maximum Gasteiger partial charge on any atom is 0.206 e. The molecule has 21 heavy (non-hydrogen) atoms. The second-order valence-corrected chi connectivity index (χ2v) is 7.39. The molecule has 1 atom stereocenters. The molecule has 1 unspecified atom stereocenters. The van der Waals surface area contributed by atoms with Crippen molar-refractivity contribution in [3.8, 4) is 0 Å². The van der Waals surface area contributed by atoms with Crippen LogP contribution in [0.15, 0.2) is 58.3 Å². The molecule has 0 radical (unpaired) electrons. The maximum absolute atomic E-state index is 12.8. The smallest absolute Gasteiger partial charge is 0.206 e. The van der Waals surface area contributed by atoms with Crippen molar-refractivity contribution in [3.05, 3.63) is 59.7 Å². The number of rotatable bonds is 3. The molecule has 2 aromatic carbocycles. The molecule has 1 aliphatic rings. The average Bonchev–Trinajstić information content (AvgIpc) is 3.02. The van der Waals surface area contributed by atoms with E-state index >= 15 is 0 Å². The Morgan fingerprint density at radius 2 is 1.81 bits per heavy atom. The van der Waals surface area contributed by atoms with Gasteiger partial charge in [-0.25, -0.2) is 8.42 Å². The van der Waals surface area contributed by atoms with Gasteiger partial charge in [0.15, 0.2) is 0 Å². The van der Waals surface area contributed by atoms with E-state index in [1.165, 1.54) is 0 Å². The van der Waals surface area contributed by atoms with Gasteiger partial charge in [-0.1, -0.05) is 30.3 Å². The van der Waals surface area contributed by atoms with Gasteiger partial charge in [-0.3, -0.25) is 0 Å². The molecule has 3 rings (SSSR count). The third-order valence-corrected chi connectivity index (χ3v) is 6.08. The summed E-state index contributed by atoms with van der Waals surface area (Å²) in [7, 11) is -3.44. The van der Waals surface area contributed by atoms with Crippen LogP contribution in [0.2, 0.25) is 0 Å². The minimum atomic E-state index is -3.44. The first-order valence-electron chi connectivity index (χ1n) is 7.21. The van der Waals surface area contributed by atoms with Gasteiger partial charge in [0.2, 0.25) is 9.84 Å². The summed E-state index contributed by atoms with van der Waals surface area (Å²) in [6, 6.07) is 14.3. The van der Waals surface area contributed by atoms with E-state index in [4.69, 9.17) is 0 Å². The van der Waals surface area contributed by atoms with Crippen LogP contribution in [0.1, 0.15) is 23.5 Å².